The van der Waals surface area contributed by atoms with Crippen molar-refractivity contribution in [2.45, 2.75) is 25.7 Å². The predicted octanol–water partition coefficient (Wildman–Crippen LogP) is 0.930. The molecule has 0 radical (unpaired) electrons. The summed E-state index contributed by atoms with van der Waals surface area (Å²) in [6.07, 6.45) is 5.02. The number of pyridine rings is 1. The topological polar surface area (TPSA) is 85.8 Å². The van der Waals surface area contributed by atoms with Crippen LogP contribution in [0.25, 0.3) is 0 Å². The van der Waals surface area contributed by atoms with E-state index in [0.29, 0.717) is 44.2 Å². The number of hydrogen-bond donors (Lipinski definition) is 1. The minimum atomic E-state index is -3.30. The summed E-state index contributed by atoms with van der Waals surface area (Å²) in [5.74, 6) is 0.964. The van der Waals surface area contributed by atoms with E-state index in [0.717, 1.165) is 31.5 Å². The molecule has 1 N–H and O–H groups in total. The van der Waals surface area contributed by atoms with Crippen LogP contribution in [0, 0.1) is 5.92 Å². The first-order valence-electron chi connectivity index (χ1n) is 9.55. The third kappa shape index (κ3) is 4.77. The maximum Gasteiger partial charge on any atom is 0.281 e. The molecule has 0 bridgehead atoms. The quantitative estimate of drug-likeness (QED) is 0.774. The Morgan fingerprint density at radius 1 is 1.15 bits per heavy atom. The maximum atomic E-state index is 12.6. The SMILES string of the molecule is CN(C)c1ccc(C(=O)NCC2CCN(S(=O)(=O)N3CCCC3)CC2)cn1. The smallest absolute Gasteiger partial charge is 0.281 e. The Kier molecular flexibility index (Phi) is 6.33. The van der Waals surface area contributed by atoms with Crippen LogP contribution in [0.5, 0.6) is 0 Å². The number of carbonyl (C=O) groups is 1. The number of nitrogens with zero attached hydrogens (tertiary/aromatic N) is 4. The van der Waals surface area contributed by atoms with Gasteiger partial charge < -0.3 is 10.2 Å². The molecule has 3 heterocycles. The lowest BCUT2D eigenvalue weighted by Crippen LogP contribution is -2.47. The summed E-state index contributed by atoms with van der Waals surface area (Å²) in [5.41, 5.74) is 0.537. The minimum absolute atomic E-state index is 0.139. The molecule has 1 aromatic heterocycles. The van der Waals surface area contributed by atoms with Gasteiger partial charge in [-0.2, -0.15) is 17.0 Å². The molecule has 0 unspecified atom stereocenters. The monoisotopic (exact) mass is 395 g/mol. The van der Waals surface area contributed by atoms with Crippen molar-refractivity contribution < 1.29 is 13.2 Å². The van der Waals surface area contributed by atoms with Crippen molar-refractivity contribution in [3.8, 4) is 0 Å². The number of carbonyl (C=O) groups excluding carboxylic acids is 1. The fourth-order valence-corrected chi connectivity index (χ4v) is 5.27. The molecule has 3 rings (SSSR count). The molecule has 27 heavy (non-hydrogen) atoms. The average molecular weight is 396 g/mol. The van der Waals surface area contributed by atoms with Gasteiger partial charge in [-0.25, -0.2) is 4.98 Å². The number of nitrogens with one attached hydrogen (secondary N) is 1. The molecule has 2 saturated heterocycles. The van der Waals surface area contributed by atoms with Crippen molar-refractivity contribution in [2.24, 2.45) is 5.92 Å². The summed E-state index contributed by atoms with van der Waals surface area (Å²) in [7, 11) is 0.499. The Balaban J connectivity index is 1.46. The van der Waals surface area contributed by atoms with Gasteiger partial charge in [0.1, 0.15) is 5.82 Å². The summed E-state index contributed by atoms with van der Waals surface area (Å²) in [4.78, 5) is 18.4. The first kappa shape index (κ1) is 20.0. The van der Waals surface area contributed by atoms with Crippen molar-refractivity contribution in [3.63, 3.8) is 0 Å². The van der Waals surface area contributed by atoms with Gasteiger partial charge in [0.25, 0.3) is 16.1 Å². The number of anilines is 1. The highest BCUT2D eigenvalue weighted by atomic mass is 32.2. The fourth-order valence-electron chi connectivity index (χ4n) is 3.55. The Labute approximate surface area is 161 Å². The second-order valence-electron chi connectivity index (χ2n) is 7.47. The number of rotatable bonds is 6. The molecule has 150 valence electrons. The molecule has 1 amide bonds. The zero-order valence-electron chi connectivity index (χ0n) is 16.1. The van der Waals surface area contributed by atoms with Crippen LogP contribution in [0.4, 0.5) is 5.82 Å². The zero-order chi connectivity index (χ0) is 19.4. The lowest BCUT2D eigenvalue weighted by Gasteiger charge is -2.33. The molecule has 0 atom stereocenters. The van der Waals surface area contributed by atoms with Crippen molar-refractivity contribution >= 4 is 21.9 Å². The van der Waals surface area contributed by atoms with Crippen molar-refractivity contribution in [3.05, 3.63) is 23.9 Å². The lowest BCUT2D eigenvalue weighted by atomic mass is 9.98. The first-order chi connectivity index (χ1) is 12.9. The zero-order valence-corrected chi connectivity index (χ0v) is 16.9. The van der Waals surface area contributed by atoms with Crippen LogP contribution in [0.2, 0.25) is 0 Å². The van der Waals surface area contributed by atoms with Crippen molar-refractivity contribution in [2.75, 3.05) is 51.7 Å². The van der Waals surface area contributed by atoms with Crippen LogP contribution in [0.15, 0.2) is 18.3 Å². The van der Waals surface area contributed by atoms with Crippen LogP contribution in [0.3, 0.4) is 0 Å². The third-order valence-corrected chi connectivity index (χ3v) is 7.35. The van der Waals surface area contributed by atoms with Crippen LogP contribution in [-0.4, -0.2) is 74.7 Å². The molecule has 8 nitrogen and oxygen atoms in total. The van der Waals surface area contributed by atoms with E-state index in [1.165, 1.54) is 0 Å². The minimum Gasteiger partial charge on any atom is -0.363 e. The van der Waals surface area contributed by atoms with Gasteiger partial charge in [0.15, 0.2) is 0 Å². The highest BCUT2D eigenvalue weighted by molar-refractivity contribution is 7.86. The van der Waals surface area contributed by atoms with E-state index in [4.69, 9.17) is 0 Å². The molecule has 0 aromatic carbocycles. The summed E-state index contributed by atoms with van der Waals surface area (Å²) in [5, 5.41) is 2.96. The average Bonchev–Trinajstić information content (AvgIpc) is 3.22. The van der Waals surface area contributed by atoms with E-state index in [9.17, 15) is 13.2 Å². The van der Waals surface area contributed by atoms with Crippen molar-refractivity contribution in [1.82, 2.24) is 18.9 Å². The fraction of sp³-hybridized carbons (Fsp3) is 0.667. The Morgan fingerprint density at radius 2 is 1.78 bits per heavy atom. The largest absolute Gasteiger partial charge is 0.363 e. The van der Waals surface area contributed by atoms with Crippen LogP contribution < -0.4 is 10.2 Å². The Bertz CT molecular complexity index is 737. The van der Waals surface area contributed by atoms with E-state index in [2.05, 4.69) is 10.3 Å². The number of aromatic nitrogens is 1. The molecule has 9 heteroatoms. The standard InChI is InChI=1S/C18H29N5O3S/c1-21(2)17-6-5-16(14-19-17)18(24)20-13-15-7-11-23(12-8-15)27(25,26)22-9-3-4-10-22/h5-6,14-15H,3-4,7-13H2,1-2H3,(H,20,24). The summed E-state index contributed by atoms with van der Waals surface area (Å²) < 4.78 is 28.4. The van der Waals surface area contributed by atoms with Gasteiger partial charge in [-0.3, -0.25) is 4.79 Å². The van der Waals surface area contributed by atoms with Gasteiger partial charge >= 0.3 is 0 Å². The maximum absolute atomic E-state index is 12.6. The normalized spacial score (nSPS) is 19.9. The van der Waals surface area contributed by atoms with E-state index in [1.807, 2.05) is 25.1 Å². The molecule has 1 aromatic rings. The third-order valence-electron chi connectivity index (χ3n) is 5.31. The van der Waals surface area contributed by atoms with E-state index in [-0.39, 0.29) is 5.91 Å². The van der Waals surface area contributed by atoms with Gasteiger partial charge in [0.2, 0.25) is 0 Å². The molecule has 2 aliphatic rings. The second-order valence-corrected chi connectivity index (χ2v) is 9.39. The van der Waals surface area contributed by atoms with E-state index < -0.39 is 10.2 Å². The lowest BCUT2D eigenvalue weighted by molar-refractivity contribution is 0.0941. The summed E-state index contributed by atoms with van der Waals surface area (Å²) in [6.45, 7) is 2.89. The highest BCUT2D eigenvalue weighted by Gasteiger charge is 2.34. The summed E-state index contributed by atoms with van der Waals surface area (Å²) in [6, 6.07) is 3.58. The number of amides is 1. The Morgan fingerprint density at radius 3 is 2.33 bits per heavy atom. The van der Waals surface area contributed by atoms with Crippen LogP contribution >= 0.6 is 0 Å². The Hall–Kier alpha value is -1.71. The van der Waals surface area contributed by atoms with Crippen molar-refractivity contribution in [1.29, 1.82) is 0 Å². The molecule has 2 fully saturated rings. The van der Waals surface area contributed by atoms with Gasteiger partial charge in [-0.1, -0.05) is 0 Å². The van der Waals surface area contributed by atoms with Gasteiger partial charge in [0, 0.05) is 53.0 Å². The number of piperidine rings is 1. The van der Waals surface area contributed by atoms with Crippen LogP contribution in [0.1, 0.15) is 36.0 Å². The first-order valence-corrected chi connectivity index (χ1v) is 10.9. The van der Waals surface area contributed by atoms with Gasteiger partial charge in [-0.15, -0.1) is 0 Å². The van der Waals surface area contributed by atoms with Gasteiger partial charge in [0.05, 0.1) is 5.56 Å². The number of hydrogen-bond acceptors (Lipinski definition) is 5. The summed E-state index contributed by atoms with van der Waals surface area (Å²) >= 11 is 0. The van der Waals surface area contributed by atoms with Gasteiger partial charge in [-0.05, 0) is 43.7 Å². The molecule has 2 aliphatic heterocycles. The van der Waals surface area contributed by atoms with Crippen LogP contribution in [-0.2, 0) is 10.2 Å². The molecule has 0 saturated carbocycles. The molecular weight excluding hydrogens is 366 g/mol. The predicted molar refractivity (Wildman–Crippen MR) is 105 cm³/mol. The van der Waals surface area contributed by atoms with E-state index in [1.54, 1.807) is 20.9 Å². The van der Waals surface area contributed by atoms with E-state index >= 15 is 0 Å². The highest BCUT2D eigenvalue weighted by Crippen LogP contribution is 2.23. The molecule has 0 aliphatic carbocycles. The second kappa shape index (κ2) is 8.53. The molecular formula is C18H29N5O3S. The molecule has 0 spiro atoms.